The summed E-state index contributed by atoms with van der Waals surface area (Å²) in [5.41, 5.74) is 5.75. The van der Waals surface area contributed by atoms with Gasteiger partial charge >= 0.3 is 41.8 Å². The molecular formula is C91H88O19. The van der Waals surface area contributed by atoms with Gasteiger partial charge in [-0.05, 0) is 160 Å². The Hall–Kier alpha value is -13.8. The molecule has 19 heteroatoms. The summed E-state index contributed by atoms with van der Waals surface area (Å²) >= 11 is 0. The molecule has 0 aliphatic rings. The predicted octanol–water partition coefficient (Wildman–Crippen LogP) is 17.6. The van der Waals surface area contributed by atoms with Crippen molar-refractivity contribution in [1.29, 1.82) is 0 Å². The number of carboxylic acids is 7. The van der Waals surface area contributed by atoms with Crippen LogP contribution >= 0.6 is 0 Å². The average Bonchev–Trinajstić information content (AvgIpc) is 0.795. The van der Waals surface area contributed by atoms with Crippen LogP contribution in [0, 0.1) is 0 Å². The monoisotopic (exact) mass is 1480 g/mol. The Morgan fingerprint density at radius 1 is 0.255 bits per heavy atom. The summed E-state index contributed by atoms with van der Waals surface area (Å²) < 4.78 is 0. The van der Waals surface area contributed by atoms with Gasteiger partial charge in [0.15, 0.2) is 0 Å². The molecule has 19 nitrogen and oxygen atoms in total. The fourth-order valence-corrected chi connectivity index (χ4v) is 11.8. The Labute approximate surface area is 637 Å². The molecule has 0 atom stereocenters. The molecule has 0 heterocycles. The van der Waals surface area contributed by atoms with Crippen LogP contribution in [0.1, 0.15) is 119 Å². The number of rotatable bonds is 21. The van der Waals surface area contributed by atoms with E-state index in [4.69, 9.17) is 30.6 Å². The lowest BCUT2D eigenvalue weighted by Gasteiger charge is -2.30. The molecule has 110 heavy (non-hydrogen) atoms. The number of carbonyl (C=O) groups is 7. The van der Waals surface area contributed by atoms with Crippen molar-refractivity contribution in [2.24, 2.45) is 0 Å². The van der Waals surface area contributed by atoms with E-state index >= 15 is 0 Å². The highest BCUT2D eigenvalue weighted by atomic mass is 16.4. The van der Waals surface area contributed by atoms with Gasteiger partial charge in [-0.3, -0.25) is 28.8 Å². The fourth-order valence-electron chi connectivity index (χ4n) is 11.8. The van der Waals surface area contributed by atoms with E-state index in [-0.39, 0.29) is 59.8 Å². The van der Waals surface area contributed by atoms with Crippen molar-refractivity contribution in [3.8, 4) is 28.7 Å². The van der Waals surface area contributed by atoms with Crippen molar-refractivity contribution in [3.05, 3.63) is 377 Å². The summed E-state index contributed by atoms with van der Waals surface area (Å²) in [4.78, 5) is 76.3. The third kappa shape index (κ3) is 24.9. The average molecular weight is 1490 g/mol. The number of aliphatic carboxylic acids is 6. The molecule has 0 aromatic heterocycles. The topological polar surface area (TPSA) is 362 Å². The Morgan fingerprint density at radius 3 is 0.800 bits per heavy atom. The van der Waals surface area contributed by atoms with Gasteiger partial charge in [-0.25, -0.2) is 4.79 Å². The molecule has 0 aliphatic carbocycles. The maximum absolute atomic E-state index is 11.7. The second-order valence-electron chi connectivity index (χ2n) is 26.1. The summed E-state index contributed by atoms with van der Waals surface area (Å²) in [5.74, 6) is -5.30. The first-order valence-corrected chi connectivity index (χ1v) is 34.7. The summed E-state index contributed by atoms with van der Waals surface area (Å²) in [5, 5.41) is 111. The number of phenolic OH excluding ortho intramolecular Hbond substituents is 5. The van der Waals surface area contributed by atoms with Crippen molar-refractivity contribution >= 4 is 52.6 Å². The van der Waals surface area contributed by atoms with Crippen LogP contribution in [0.2, 0.25) is 0 Å². The molecule has 0 radical (unpaired) electrons. The molecule has 0 spiro atoms. The van der Waals surface area contributed by atoms with Gasteiger partial charge in [0, 0.05) is 23.7 Å². The van der Waals surface area contributed by atoms with Crippen LogP contribution in [0.15, 0.2) is 315 Å². The molecule has 0 saturated heterocycles. The fraction of sp³-hybridized carbons (Fsp3) is 0.154. The van der Waals surface area contributed by atoms with E-state index in [9.17, 15) is 64.2 Å². The van der Waals surface area contributed by atoms with E-state index in [1.165, 1.54) is 36.4 Å². The standard InChI is InChI=1S/C17H18O4.C17H18O2.C15H14O4.C15H14O2.C11H8O2.C8H8O3.C8H8O2/c1-17(11-10-16(20)21,12-2-6-14(18)7-3-12)13-4-8-15(19)9-5-13;1-17(13-12-16(18)19,14-8-4-2-5-9-14)15-10-6-3-7-11-15;1-15(14(18)19,10-2-6-12(16)7-3-10)11-4-8-13(17)9-5-11;1-15(14(16)17,12-8-4-2-5-9-12)13-10-6-3-7-11-13;12-11(13)10-7-3-5-8-4-1-2-6-9(8)10;9-7-3-1-6(2-4-7)5-8(10)11;9-8(10)6-7-4-2-1-3-5-7/h2-9,18-19H,10-11H2,1H3,(H,20,21);2-11H,12-13H2,1H3,(H,18,19);2-9,16-17H,1H3,(H,18,19);2-11H,1H3,(H,16,17);1-7H,(H,12,13);1-4,9H,5H2,(H,10,11);1-5H,6H2,(H,9,10). The Morgan fingerprint density at radius 2 is 0.500 bits per heavy atom. The minimum absolute atomic E-state index is 0.000278. The number of carboxylic acid groups (broad SMARTS) is 7. The zero-order valence-corrected chi connectivity index (χ0v) is 61.0. The maximum Gasteiger partial charge on any atom is 0.336 e. The molecule has 566 valence electrons. The quantitative estimate of drug-likeness (QED) is 0.0318. The Balaban J connectivity index is 0.000000203. The van der Waals surface area contributed by atoms with Gasteiger partial charge in [0.25, 0.3) is 0 Å². The van der Waals surface area contributed by atoms with Crippen LogP contribution in [0.5, 0.6) is 28.7 Å². The molecule has 0 amide bonds. The summed E-state index contributed by atoms with van der Waals surface area (Å²) in [6, 6.07) is 92.5. The highest BCUT2D eigenvalue weighted by molar-refractivity contribution is 6.03. The van der Waals surface area contributed by atoms with E-state index in [1.54, 1.807) is 123 Å². The van der Waals surface area contributed by atoms with Crippen LogP contribution in [0.3, 0.4) is 0 Å². The highest BCUT2D eigenvalue weighted by Gasteiger charge is 2.38. The second kappa shape index (κ2) is 41.2. The van der Waals surface area contributed by atoms with E-state index in [1.807, 2.05) is 153 Å². The van der Waals surface area contributed by atoms with Crippen molar-refractivity contribution in [2.45, 2.75) is 87.9 Å². The van der Waals surface area contributed by atoms with Crippen LogP contribution in [-0.4, -0.2) is 103 Å². The van der Waals surface area contributed by atoms with Gasteiger partial charge in [-0.15, -0.1) is 0 Å². The molecule has 12 rings (SSSR count). The zero-order valence-electron chi connectivity index (χ0n) is 61.0. The summed E-state index contributed by atoms with van der Waals surface area (Å²) in [6.07, 6.45) is 1.34. The van der Waals surface area contributed by atoms with Gasteiger partial charge in [-0.2, -0.15) is 0 Å². The number of aromatic carboxylic acids is 1. The molecule has 0 saturated carbocycles. The lowest BCUT2D eigenvalue weighted by atomic mass is 9.73. The normalized spacial score (nSPS) is 10.7. The van der Waals surface area contributed by atoms with Crippen LogP contribution in [-0.2, 0) is 63.3 Å². The number of fused-ring (bicyclic) bond motifs is 1. The first kappa shape index (κ1) is 85.1. The van der Waals surface area contributed by atoms with Crippen LogP contribution < -0.4 is 0 Å². The van der Waals surface area contributed by atoms with Crippen LogP contribution in [0.4, 0.5) is 0 Å². The molecule has 0 unspecified atom stereocenters. The van der Waals surface area contributed by atoms with Crippen LogP contribution in [0.25, 0.3) is 10.8 Å². The first-order valence-electron chi connectivity index (χ1n) is 34.7. The largest absolute Gasteiger partial charge is 0.508 e. The summed E-state index contributed by atoms with van der Waals surface area (Å²) in [7, 11) is 0. The smallest absolute Gasteiger partial charge is 0.336 e. The van der Waals surface area contributed by atoms with Gasteiger partial charge in [0.1, 0.15) is 39.6 Å². The Bertz CT molecular complexity index is 4710. The van der Waals surface area contributed by atoms with Gasteiger partial charge in [0.2, 0.25) is 0 Å². The van der Waals surface area contributed by atoms with E-state index in [2.05, 4.69) is 31.2 Å². The van der Waals surface area contributed by atoms with E-state index < -0.39 is 58.0 Å². The predicted molar refractivity (Wildman–Crippen MR) is 421 cm³/mol. The maximum atomic E-state index is 11.7. The number of hydrogen-bond acceptors (Lipinski definition) is 12. The summed E-state index contributed by atoms with van der Waals surface area (Å²) in [6.45, 7) is 7.41. The molecule has 0 aliphatic heterocycles. The van der Waals surface area contributed by atoms with Crippen molar-refractivity contribution in [1.82, 2.24) is 0 Å². The third-order valence-electron chi connectivity index (χ3n) is 18.5. The number of phenols is 5. The minimum atomic E-state index is -1.23. The zero-order chi connectivity index (χ0) is 80.4. The third-order valence-corrected chi connectivity index (χ3v) is 18.5. The number of hydrogen-bond donors (Lipinski definition) is 12. The van der Waals surface area contributed by atoms with E-state index in [0.717, 1.165) is 49.7 Å². The molecule has 0 fully saturated rings. The van der Waals surface area contributed by atoms with E-state index in [0.29, 0.717) is 35.1 Å². The molecule has 0 bridgehead atoms. The van der Waals surface area contributed by atoms with Gasteiger partial charge in [-0.1, -0.05) is 263 Å². The first-order chi connectivity index (χ1) is 52.4. The SMILES string of the molecule is CC(C(=O)O)(c1ccc(O)cc1)c1ccc(O)cc1.CC(C(=O)O)(c1ccccc1)c1ccccc1.CC(CCC(=O)O)(c1ccc(O)cc1)c1ccc(O)cc1.CC(CCC(=O)O)(c1ccccc1)c1ccccc1.O=C(O)Cc1ccc(O)cc1.O=C(O)Cc1ccccc1.O=C(O)c1cccc2ccccc12. The number of benzene rings is 12. The van der Waals surface area contributed by atoms with Crippen molar-refractivity contribution in [3.63, 3.8) is 0 Å². The van der Waals surface area contributed by atoms with Gasteiger partial charge < -0.3 is 61.3 Å². The molecule has 12 aromatic rings. The Kier molecular flexibility index (Phi) is 31.9. The van der Waals surface area contributed by atoms with Crippen molar-refractivity contribution in [2.75, 3.05) is 0 Å². The highest BCUT2D eigenvalue weighted by Crippen LogP contribution is 2.40. The lowest BCUT2D eigenvalue weighted by molar-refractivity contribution is -0.142. The molecular weight excluding hydrogens is 1400 g/mol. The molecule has 12 aromatic carbocycles. The van der Waals surface area contributed by atoms with Crippen molar-refractivity contribution < 1.29 is 94.8 Å². The second-order valence-corrected chi connectivity index (χ2v) is 26.1. The minimum Gasteiger partial charge on any atom is -0.508 e. The molecule has 12 N–H and O–H groups in total. The number of aromatic hydroxyl groups is 5. The lowest BCUT2D eigenvalue weighted by Crippen LogP contribution is -2.33. The van der Waals surface area contributed by atoms with Gasteiger partial charge in [0.05, 0.1) is 18.4 Å².